The second-order valence-electron chi connectivity index (χ2n) is 5.06. The Hall–Kier alpha value is -1.32. The minimum Gasteiger partial charge on any atom is -0.300 e. The highest BCUT2D eigenvalue weighted by Crippen LogP contribution is 2.15. The molecular formula is C14H22O4. The van der Waals surface area contributed by atoms with E-state index in [1.165, 1.54) is 6.92 Å². The lowest BCUT2D eigenvalue weighted by molar-refractivity contribution is -0.140. The summed E-state index contributed by atoms with van der Waals surface area (Å²) >= 11 is 0. The quantitative estimate of drug-likeness (QED) is 0.591. The normalized spacial score (nSPS) is 12.3. The summed E-state index contributed by atoms with van der Waals surface area (Å²) in [5.41, 5.74) is 0. The molecule has 102 valence electrons. The van der Waals surface area contributed by atoms with Crippen molar-refractivity contribution in [2.24, 2.45) is 11.8 Å². The smallest absolute Gasteiger partial charge is 0.158 e. The van der Waals surface area contributed by atoms with E-state index in [9.17, 15) is 19.2 Å². The zero-order valence-corrected chi connectivity index (χ0v) is 11.6. The molecule has 0 spiro atoms. The zero-order chi connectivity index (χ0) is 14.3. The minimum atomic E-state index is -1.23. The van der Waals surface area contributed by atoms with Gasteiger partial charge in [0.15, 0.2) is 17.3 Å². The Bertz CT molecular complexity index is 342. The largest absolute Gasteiger partial charge is 0.300 e. The summed E-state index contributed by atoms with van der Waals surface area (Å²) in [6.45, 7) is 6.81. The molecule has 0 heterocycles. The highest BCUT2D eigenvalue weighted by Gasteiger charge is 2.32. The average molecular weight is 254 g/mol. The maximum Gasteiger partial charge on any atom is 0.158 e. The van der Waals surface area contributed by atoms with Gasteiger partial charge in [-0.2, -0.15) is 0 Å². The SMILES string of the molecule is CCCC(=O)C(C(=O)CC(C)=O)C(=O)CC(C)C. The third-order valence-electron chi connectivity index (χ3n) is 2.49. The van der Waals surface area contributed by atoms with Gasteiger partial charge in [-0.3, -0.25) is 19.2 Å². The van der Waals surface area contributed by atoms with Crippen LogP contribution in [0.3, 0.4) is 0 Å². The van der Waals surface area contributed by atoms with E-state index in [1.807, 2.05) is 20.8 Å². The van der Waals surface area contributed by atoms with Crippen LogP contribution >= 0.6 is 0 Å². The molecule has 0 aliphatic carbocycles. The number of Topliss-reactive ketones (excluding diaryl/α,β-unsaturated/α-hetero) is 4. The summed E-state index contributed by atoms with van der Waals surface area (Å²) in [6, 6.07) is 0. The third-order valence-corrected chi connectivity index (χ3v) is 2.49. The highest BCUT2D eigenvalue weighted by molar-refractivity contribution is 6.22. The Morgan fingerprint density at radius 2 is 1.50 bits per heavy atom. The van der Waals surface area contributed by atoms with Gasteiger partial charge in [-0.25, -0.2) is 0 Å². The summed E-state index contributed by atoms with van der Waals surface area (Å²) in [5.74, 6) is -2.70. The van der Waals surface area contributed by atoms with E-state index in [0.29, 0.717) is 6.42 Å². The molecule has 0 bridgehead atoms. The molecule has 1 atom stereocenters. The molecule has 1 unspecified atom stereocenters. The van der Waals surface area contributed by atoms with Crippen molar-refractivity contribution in [3.8, 4) is 0 Å². The summed E-state index contributed by atoms with van der Waals surface area (Å²) in [4.78, 5) is 46.5. The molecule has 0 radical (unpaired) electrons. The molecule has 18 heavy (non-hydrogen) atoms. The molecule has 0 saturated heterocycles. The van der Waals surface area contributed by atoms with Gasteiger partial charge in [-0.05, 0) is 19.3 Å². The predicted octanol–water partition coefficient (Wildman–Crippen LogP) is 2.14. The fraction of sp³-hybridized carbons (Fsp3) is 0.714. The van der Waals surface area contributed by atoms with Gasteiger partial charge in [0.05, 0.1) is 6.42 Å². The summed E-state index contributed by atoms with van der Waals surface area (Å²) in [7, 11) is 0. The molecular weight excluding hydrogens is 232 g/mol. The van der Waals surface area contributed by atoms with Gasteiger partial charge in [-0.1, -0.05) is 20.8 Å². The molecule has 0 aromatic rings. The van der Waals surface area contributed by atoms with Crippen molar-refractivity contribution in [3.05, 3.63) is 0 Å². The van der Waals surface area contributed by atoms with Crippen LogP contribution < -0.4 is 0 Å². The molecule has 0 aromatic heterocycles. The molecule has 0 aliphatic heterocycles. The lowest BCUT2D eigenvalue weighted by Gasteiger charge is -2.14. The van der Waals surface area contributed by atoms with E-state index >= 15 is 0 Å². The fourth-order valence-corrected chi connectivity index (χ4v) is 1.80. The molecule has 0 aromatic carbocycles. The van der Waals surface area contributed by atoms with Crippen molar-refractivity contribution in [1.29, 1.82) is 0 Å². The number of carbonyl (C=O) groups excluding carboxylic acids is 4. The first-order valence-electron chi connectivity index (χ1n) is 6.37. The standard InChI is InChI=1S/C14H22O4/c1-5-6-11(16)14(12(17)7-9(2)3)13(18)8-10(4)15/h9,14H,5-8H2,1-4H3. The van der Waals surface area contributed by atoms with Gasteiger partial charge >= 0.3 is 0 Å². The molecule has 0 N–H and O–H groups in total. The first-order chi connectivity index (χ1) is 8.29. The minimum absolute atomic E-state index is 0.0968. The molecule has 4 nitrogen and oxygen atoms in total. The number of hydrogen-bond donors (Lipinski definition) is 0. The van der Waals surface area contributed by atoms with Crippen LogP contribution in [0.4, 0.5) is 0 Å². The maximum absolute atomic E-state index is 11.9. The van der Waals surface area contributed by atoms with Crippen LogP contribution in [0, 0.1) is 11.8 Å². The van der Waals surface area contributed by atoms with Crippen LogP contribution in [0.2, 0.25) is 0 Å². The summed E-state index contributed by atoms with van der Waals surface area (Å²) in [5, 5.41) is 0. The van der Waals surface area contributed by atoms with Crippen molar-refractivity contribution in [2.45, 2.75) is 53.4 Å². The van der Waals surface area contributed by atoms with Gasteiger partial charge in [0.2, 0.25) is 0 Å². The van der Waals surface area contributed by atoms with Crippen LogP contribution in [0.25, 0.3) is 0 Å². The molecule has 0 aliphatic rings. The second kappa shape index (κ2) is 7.90. The van der Waals surface area contributed by atoms with Crippen molar-refractivity contribution in [1.82, 2.24) is 0 Å². The monoisotopic (exact) mass is 254 g/mol. The molecule has 0 fully saturated rings. The van der Waals surface area contributed by atoms with E-state index in [0.717, 1.165) is 0 Å². The van der Waals surface area contributed by atoms with Crippen LogP contribution in [0.5, 0.6) is 0 Å². The van der Waals surface area contributed by atoms with E-state index < -0.39 is 11.7 Å². The first-order valence-corrected chi connectivity index (χ1v) is 6.37. The Kier molecular flexibility index (Phi) is 7.32. The van der Waals surface area contributed by atoms with Crippen molar-refractivity contribution in [3.63, 3.8) is 0 Å². The summed E-state index contributed by atoms with van der Waals surface area (Å²) < 4.78 is 0. The number of ketones is 4. The first kappa shape index (κ1) is 16.7. The Morgan fingerprint density at radius 1 is 0.944 bits per heavy atom. The number of rotatable bonds is 9. The van der Waals surface area contributed by atoms with Crippen molar-refractivity contribution >= 4 is 23.1 Å². The van der Waals surface area contributed by atoms with Crippen molar-refractivity contribution in [2.75, 3.05) is 0 Å². The second-order valence-corrected chi connectivity index (χ2v) is 5.06. The lowest BCUT2D eigenvalue weighted by atomic mass is 9.86. The van der Waals surface area contributed by atoms with Crippen LogP contribution in [-0.2, 0) is 19.2 Å². The number of carbonyl (C=O) groups is 4. The van der Waals surface area contributed by atoms with E-state index in [1.54, 1.807) is 0 Å². The van der Waals surface area contributed by atoms with Gasteiger partial charge < -0.3 is 0 Å². The average Bonchev–Trinajstić information content (AvgIpc) is 2.14. The van der Waals surface area contributed by atoms with E-state index in [4.69, 9.17) is 0 Å². The number of hydrogen-bond acceptors (Lipinski definition) is 4. The van der Waals surface area contributed by atoms with Crippen LogP contribution in [0.1, 0.15) is 53.4 Å². The maximum atomic E-state index is 11.9. The Labute approximate surface area is 108 Å². The zero-order valence-electron chi connectivity index (χ0n) is 11.6. The van der Waals surface area contributed by atoms with Crippen molar-refractivity contribution < 1.29 is 19.2 Å². The van der Waals surface area contributed by atoms with Gasteiger partial charge in [0.25, 0.3) is 0 Å². The highest BCUT2D eigenvalue weighted by atomic mass is 16.2. The molecule has 0 rings (SSSR count). The topological polar surface area (TPSA) is 68.3 Å². The summed E-state index contributed by atoms with van der Waals surface area (Å²) in [6.07, 6.45) is 0.670. The van der Waals surface area contributed by atoms with Gasteiger partial charge in [0.1, 0.15) is 11.7 Å². The predicted molar refractivity (Wildman–Crippen MR) is 68.2 cm³/mol. The lowest BCUT2D eigenvalue weighted by Crippen LogP contribution is -2.33. The van der Waals surface area contributed by atoms with Gasteiger partial charge in [-0.15, -0.1) is 0 Å². The van der Waals surface area contributed by atoms with Crippen LogP contribution in [0.15, 0.2) is 0 Å². The van der Waals surface area contributed by atoms with Gasteiger partial charge in [0, 0.05) is 12.8 Å². The molecule has 0 saturated carbocycles. The van der Waals surface area contributed by atoms with E-state index in [2.05, 4.69) is 0 Å². The molecule has 0 amide bonds. The van der Waals surface area contributed by atoms with Crippen LogP contribution in [-0.4, -0.2) is 23.1 Å². The Balaban J connectivity index is 4.92. The van der Waals surface area contributed by atoms with E-state index in [-0.39, 0.29) is 42.5 Å². The third kappa shape index (κ3) is 5.84. The fourth-order valence-electron chi connectivity index (χ4n) is 1.80. The Morgan fingerprint density at radius 3 is 1.89 bits per heavy atom. The molecule has 4 heteroatoms.